The molecule has 1 aromatic carbocycles. The number of carbonyl (C=O) groups is 1. The first kappa shape index (κ1) is 21.6. The largest absolute Gasteiger partial charge is 0.327 e. The zero-order valence-corrected chi connectivity index (χ0v) is 18.4. The van der Waals surface area contributed by atoms with E-state index in [1.165, 1.54) is 11.3 Å². The van der Waals surface area contributed by atoms with Crippen molar-refractivity contribution >= 4 is 22.9 Å². The monoisotopic (exact) mass is 445 g/mol. The van der Waals surface area contributed by atoms with E-state index >= 15 is 0 Å². The predicted molar refractivity (Wildman–Crippen MR) is 127 cm³/mol. The third-order valence-corrected chi connectivity index (χ3v) is 5.66. The highest BCUT2D eigenvalue weighted by Crippen LogP contribution is 2.19. The van der Waals surface area contributed by atoms with Crippen LogP contribution in [-0.4, -0.2) is 26.9 Å². The Kier molecular flexibility index (Phi) is 6.84. The average Bonchev–Trinajstić information content (AvgIpc) is 3.32. The van der Waals surface area contributed by atoms with E-state index in [0.717, 1.165) is 27.9 Å². The van der Waals surface area contributed by atoms with Gasteiger partial charge in [0.2, 0.25) is 5.91 Å². The van der Waals surface area contributed by atoms with Crippen LogP contribution >= 0.6 is 11.3 Å². The fraction of sp³-hybridized carbons (Fsp3) is 0.167. The minimum Gasteiger partial charge on any atom is -0.327 e. The van der Waals surface area contributed by atoms with Gasteiger partial charge in [-0.3, -0.25) is 19.9 Å². The molecule has 0 saturated heterocycles. The highest BCUT2D eigenvalue weighted by atomic mass is 32.1. The number of thiazole rings is 1. The molecular formula is C24H23N5O2S. The molecule has 0 radical (unpaired) electrons. The predicted octanol–water partition coefficient (Wildman–Crippen LogP) is 3.54. The Morgan fingerprint density at radius 3 is 2.75 bits per heavy atom. The second-order valence-electron chi connectivity index (χ2n) is 7.46. The zero-order chi connectivity index (χ0) is 22.3. The van der Waals surface area contributed by atoms with Crippen LogP contribution in [0.4, 0.5) is 5.69 Å². The molecule has 1 amide bonds. The number of rotatable bonds is 8. The van der Waals surface area contributed by atoms with E-state index in [0.29, 0.717) is 13.0 Å². The normalized spacial score (nSPS) is 11.8. The number of aromatic nitrogens is 3. The summed E-state index contributed by atoms with van der Waals surface area (Å²) in [7, 11) is 0. The number of pyridine rings is 2. The van der Waals surface area contributed by atoms with Gasteiger partial charge in [0, 0.05) is 36.1 Å². The average molecular weight is 446 g/mol. The van der Waals surface area contributed by atoms with E-state index in [1.807, 2.05) is 42.6 Å². The lowest BCUT2D eigenvalue weighted by Crippen LogP contribution is -2.42. The van der Waals surface area contributed by atoms with Crippen LogP contribution in [0, 0.1) is 6.92 Å². The van der Waals surface area contributed by atoms with Crippen molar-refractivity contribution in [3.63, 3.8) is 0 Å². The van der Waals surface area contributed by atoms with E-state index in [2.05, 4.69) is 31.7 Å². The molecule has 0 aliphatic carbocycles. The maximum Gasteiger partial charge on any atom is 0.271 e. The number of hydrogen-bond acceptors (Lipinski definition) is 6. The van der Waals surface area contributed by atoms with Gasteiger partial charge >= 0.3 is 0 Å². The standard InChI is InChI=1S/C24H23N5O2S/c1-16-3-2-4-17(9-16)10-21(26-13-20-14-32-15-28-20)24(31)29-22-11-19(12-27-23(22)30)18-5-7-25-8-6-18/h2-9,11-12,14-15,21,26H,10,13H2,1H3,(H,27,30)(H,29,31). The van der Waals surface area contributed by atoms with Crippen molar-refractivity contribution in [2.75, 3.05) is 5.32 Å². The van der Waals surface area contributed by atoms with Crippen molar-refractivity contribution in [2.45, 2.75) is 25.9 Å². The summed E-state index contributed by atoms with van der Waals surface area (Å²) < 4.78 is 0. The molecule has 1 unspecified atom stereocenters. The number of aryl methyl sites for hydroxylation is 1. The number of anilines is 1. The number of hydrogen-bond donors (Lipinski definition) is 3. The summed E-state index contributed by atoms with van der Waals surface area (Å²) in [5.41, 5.74) is 6.32. The van der Waals surface area contributed by atoms with Crippen molar-refractivity contribution < 1.29 is 4.79 Å². The van der Waals surface area contributed by atoms with E-state index in [4.69, 9.17) is 0 Å². The summed E-state index contributed by atoms with van der Waals surface area (Å²) in [5, 5.41) is 8.04. The van der Waals surface area contributed by atoms with Gasteiger partial charge in [0.05, 0.1) is 17.2 Å². The summed E-state index contributed by atoms with van der Waals surface area (Å²) in [6.07, 6.45) is 5.47. The fourth-order valence-corrected chi connectivity index (χ4v) is 3.95. The maximum atomic E-state index is 13.2. The lowest BCUT2D eigenvalue weighted by molar-refractivity contribution is -0.118. The van der Waals surface area contributed by atoms with E-state index in [1.54, 1.807) is 30.2 Å². The van der Waals surface area contributed by atoms with Crippen LogP contribution in [0.2, 0.25) is 0 Å². The Hall–Kier alpha value is -3.62. The summed E-state index contributed by atoms with van der Waals surface area (Å²) in [5.74, 6) is -0.279. The van der Waals surface area contributed by atoms with Crippen LogP contribution < -0.4 is 16.2 Å². The number of amides is 1. The molecule has 1 atom stereocenters. The van der Waals surface area contributed by atoms with E-state index in [-0.39, 0.29) is 17.2 Å². The molecule has 3 N–H and O–H groups in total. The minimum atomic E-state index is -0.539. The highest BCUT2D eigenvalue weighted by molar-refractivity contribution is 7.07. The Morgan fingerprint density at radius 1 is 1.16 bits per heavy atom. The SMILES string of the molecule is Cc1cccc(CC(NCc2cscn2)C(=O)Nc2cc(-c3ccncc3)c[nH]c2=O)c1. The molecule has 8 heteroatoms. The first-order valence-corrected chi connectivity index (χ1v) is 11.1. The zero-order valence-electron chi connectivity index (χ0n) is 17.5. The van der Waals surface area contributed by atoms with E-state index in [9.17, 15) is 9.59 Å². The number of benzene rings is 1. The van der Waals surface area contributed by atoms with Gasteiger partial charge in [-0.1, -0.05) is 29.8 Å². The van der Waals surface area contributed by atoms with Crippen LogP contribution in [0.5, 0.6) is 0 Å². The van der Waals surface area contributed by atoms with Crippen molar-refractivity contribution in [3.8, 4) is 11.1 Å². The Balaban J connectivity index is 1.55. The molecule has 4 aromatic rings. The van der Waals surface area contributed by atoms with Crippen molar-refractivity contribution in [1.29, 1.82) is 0 Å². The molecule has 0 bridgehead atoms. The first-order valence-electron chi connectivity index (χ1n) is 10.2. The third-order valence-electron chi connectivity index (χ3n) is 5.03. The lowest BCUT2D eigenvalue weighted by Gasteiger charge is -2.18. The summed E-state index contributed by atoms with van der Waals surface area (Å²) in [6, 6.07) is 12.9. The van der Waals surface area contributed by atoms with Crippen molar-refractivity contribution in [1.82, 2.24) is 20.3 Å². The van der Waals surface area contributed by atoms with Crippen LogP contribution in [0.15, 0.2) is 76.7 Å². The summed E-state index contributed by atoms with van der Waals surface area (Å²) >= 11 is 1.51. The first-order chi connectivity index (χ1) is 15.6. The van der Waals surface area contributed by atoms with Crippen molar-refractivity contribution in [3.05, 3.63) is 99.1 Å². The smallest absolute Gasteiger partial charge is 0.271 e. The lowest BCUT2D eigenvalue weighted by atomic mass is 10.0. The quantitative estimate of drug-likeness (QED) is 0.385. The minimum absolute atomic E-state index is 0.203. The second-order valence-corrected chi connectivity index (χ2v) is 8.18. The highest BCUT2D eigenvalue weighted by Gasteiger charge is 2.20. The van der Waals surface area contributed by atoms with Gasteiger partial charge in [0.25, 0.3) is 5.56 Å². The summed E-state index contributed by atoms with van der Waals surface area (Å²) in [4.78, 5) is 36.6. The Labute approximate surface area is 189 Å². The van der Waals surface area contributed by atoms with Gasteiger partial charge in [-0.2, -0.15) is 0 Å². The molecule has 0 saturated carbocycles. The molecule has 162 valence electrons. The van der Waals surface area contributed by atoms with Gasteiger partial charge in [-0.15, -0.1) is 11.3 Å². The van der Waals surface area contributed by atoms with Crippen LogP contribution in [-0.2, 0) is 17.8 Å². The summed E-state index contributed by atoms with van der Waals surface area (Å²) in [6.45, 7) is 2.48. The fourth-order valence-electron chi connectivity index (χ4n) is 3.39. The van der Waals surface area contributed by atoms with Gasteiger partial charge in [0.1, 0.15) is 5.69 Å². The molecular weight excluding hydrogens is 422 g/mol. The van der Waals surface area contributed by atoms with Gasteiger partial charge in [0.15, 0.2) is 0 Å². The Morgan fingerprint density at radius 2 is 2.00 bits per heavy atom. The molecule has 7 nitrogen and oxygen atoms in total. The number of carbonyl (C=O) groups excluding carboxylic acids is 1. The maximum absolute atomic E-state index is 13.2. The molecule has 3 heterocycles. The molecule has 4 rings (SSSR count). The molecule has 3 aromatic heterocycles. The number of nitrogens with one attached hydrogen (secondary N) is 3. The number of H-pyrrole nitrogens is 1. The van der Waals surface area contributed by atoms with Gasteiger partial charge in [-0.05, 0) is 42.7 Å². The number of nitrogens with zero attached hydrogens (tertiary/aromatic N) is 2. The molecule has 0 aliphatic heterocycles. The molecule has 0 spiro atoms. The molecule has 0 aliphatic rings. The van der Waals surface area contributed by atoms with Crippen LogP contribution in [0.1, 0.15) is 16.8 Å². The third kappa shape index (κ3) is 5.54. The number of aromatic amines is 1. The second kappa shape index (κ2) is 10.1. The van der Waals surface area contributed by atoms with Crippen LogP contribution in [0.25, 0.3) is 11.1 Å². The van der Waals surface area contributed by atoms with Gasteiger partial charge in [-0.25, -0.2) is 4.98 Å². The van der Waals surface area contributed by atoms with E-state index < -0.39 is 6.04 Å². The topological polar surface area (TPSA) is 99.8 Å². The Bertz CT molecular complexity index is 1240. The van der Waals surface area contributed by atoms with Crippen LogP contribution in [0.3, 0.4) is 0 Å². The van der Waals surface area contributed by atoms with Gasteiger partial charge < -0.3 is 10.3 Å². The molecule has 32 heavy (non-hydrogen) atoms. The molecule has 0 fully saturated rings. The van der Waals surface area contributed by atoms with Crippen molar-refractivity contribution in [2.24, 2.45) is 0 Å².